The molecule has 0 bridgehead atoms. The zero-order valence-electron chi connectivity index (χ0n) is 25.4. The number of aryl methyl sites for hydroxylation is 1. The van der Waals surface area contributed by atoms with Crippen LogP contribution in [-0.2, 0) is 19.8 Å². The third kappa shape index (κ3) is 6.28. The average molecular weight is 647 g/mol. The van der Waals surface area contributed by atoms with Gasteiger partial charge in [0.25, 0.3) is 0 Å². The van der Waals surface area contributed by atoms with E-state index in [0.29, 0.717) is 40.0 Å². The molecule has 4 heterocycles. The normalized spacial score (nSPS) is 16.5. The van der Waals surface area contributed by atoms with Crippen LogP contribution in [0.2, 0.25) is 0 Å². The molecule has 1 saturated carbocycles. The number of rotatable bonds is 9. The fraction of sp³-hybridized carbons (Fsp3) is 0.364. The molecule has 5 aromatic rings. The van der Waals surface area contributed by atoms with Crippen LogP contribution in [0.5, 0.6) is 0 Å². The monoisotopic (exact) mass is 646 g/mol. The number of nitrogens with one attached hydrogen (secondary N) is 1. The predicted octanol–water partition coefficient (Wildman–Crippen LogP) is 6.18. The van der Waals surface area contributed by atoms with Gasteiger partial charge in [-0.25, -0.2) is 14.4 Å². The van der Waals surface area contributed by atoms with Gasteiger partial charge in [0.15, 0.2) is 11.4 Å². The summed E-state index contributed by atoms with van der Waals surface area (Å²) in [6, 6.07) is 12.0. The largest absolute Gasteiger partial charge is 0.434 e. The van der Waals surface area contributed by atoms with Gasteiger partial charge in [-0.3, -0.25) is 4.90 Å². The average Bonchev–Trinajstić information content (AvgIpc) is 3.31. The Hall–Kier alpha value is -4.87. The van der Waals surface area contributed by atoms with E-state index in [1.165, 1.54) is 31.3 Å². The number of aliphatic hydroxyl groups is 1. The highest BCUT2D eigenvalue weighted by molar-refractivity contribution is 5.85. The molecule has 1 aliphatic carbocycles. The Balaban J connectivity index is 1.32. The molecule has 0 unspecified atom stereocenters. The summed E-state index contributed by atoms with van der Waals surface area (Å²) in [5, 5.41) is 30.1. The van der Waals surface area contributed by atoms with Crippen LogP contribution in [0.25, 0.3) is 45.2 Å². The summed E-state index contributed by atoms with van der Waals surface area (Å²) in [6.45, 7) is 2.07. The number of pyridine rings is 1. The van der Waals surface area contributed by atoms with Crippen molar-refractivity contribution in [1.29, 1.82) is 5.26 Å². The second-order valence-electron chi connectivity index (χ2n) is 12.4. The van der Waals surface area contributed by atoms with Gasteiger partial charge in [-0.2, -0.15) is 18.4 Å². The van der Waals surface area contributed by atoms with Crippen LogP contribution in [0.1, 0.15) is 36.8 Å². The van der Waals surface area contributed by atoms with Crippen molar-refractivity contribution in [3.63, 3.8) is 0 Å². The van der Waals surface area contributed by atoms with E-state index >= 15 is 0 Å². The van der Waals surface area contributed by atoms with E-state index in [-0.39, 0.29) is 35.9 Å². The summed E-state index contributed by atoms with van der Waals surface area (Å²) in [4.78, 5) is 11.2. The Morgan fingerprint density at radius 3 is 2.64 bits per heavy atom. The number of likely N-dealkylation sites (tertiary alicyclic amines) is 1. The van der Waals surface area contributed by atoms with Crippen molar-refractivity contribution in [2.75, 3.05) is 25.0 Å². The van der Waals surface area contributed by atoms with E-state index in [9.17, 15) is 22.7 Å². The van der Waals surface area contributed by atoms with Gasteiger partial charge < -0.3 is 19.4 Å². The first-order chi connectivity index (χ1) is 22.5. The molecule has 10 nitrogen and oxygen atoms in total. The lowest BCUT2D eigenvalue weighted by Gasteiger charge is -2.17. The van der Waals surface area contributed by atoms with Crippen LogP contribution < -0.4 is 5.32 Å². The zero-order chi connectivity index (χ0) is 32.9. The maximum Gasteiger partial charge on any atom is 0.420 e. The van der Waals surface area contributed by atoms with E-state index in [1.54, 1.807) is 35.9 Å². The van der Waals surface area contributed by atoms with Crippen LogP contribution in [0.15, 0.2) is 53.2 Å². The first-order valence-corrected chi connectivity index (χ1v) is 15.2. The number of nitriles is 1. The summed E-state index contributed by atoms with van der Waals surface area (Å²) in [5.41, 5.74) is 1.11. The molecular weight excluding hydrogens is 616 g/mol. The molecule has 0 amide bonds. The molecule has 1 saturated heterocycles. The number of aliphatic hydroxyl groups excluding tert-OH is 1. The molecule has 47 heavy (non-hydrogen) atoms. The number of fused-ring (bicyclic) bond motifs is 1. The van der Waals surface area contributed by atoms with Gasteiger partial charge in [0.2, 0.25) is 5.89 Å². The number of alkyl halides is 3. The number of hydrogen-bond donors (Lipinski definition) is 2. The van der Waals surface area contributed by atoms with Crippen molar-refractivity contribution in [3.05, 3.63) is 65.7 Å². The Bertz CT molecular complexity index is 2010. The third-order valence-corrected chi connectivity index (χ3v) is 8.87. The number of aromatic nitrogens is 5. The minimum Gasteiger partial charge on any atom is -0.434 e. The minimum absolute atomic E-state index is 0.0318. The number of nitrogens with zero attached hydrogens (tertiary/aromatic N) is 7. The fourth-order valence-electron chi connectivity index (χ4n) is 6.27. The molecule has 14 heteroatoms. The maximum absolute atomic E-state index is 14.5. The summed E-state index contributed by atoms with van der Waals surface area (Å²) >= 11 is 0. The van der Waals surface area contributed by atoms with Gasteiger partial charge in [0.05, 0.1) is 18.6 Å². The summed E-state index contributed by atoms with van der Waals surface area (Å²) in [6.07, 6.45) is -0.942. The van der Waals surface area contributed by atoms with Gasteiger partial charge in [0.1, 0.15) is 34.7 Å². The van der Waals surface area contributed by atoms with Gasteiger partial charge >= 0.3 is 6.18 Å². The highest BCUT2D eigenvalue weighted by atomic mass is 19.4. The highest BCUT2D eigenvalue weighted by Crippen LogP contribution is 2.53. The lowest BCUT2D eigenvalue weighted by molar-refractivity contribution is -0.136. The number of hydrogen-bond acceptors (Lipinski definition) is 9. The summed E-state index contributed by atoms with van der Waals surface area (Å²) in [7, 11) is 1.71. The Morgan fingerprint density at radius 2 is 1.94 bits per heavy atom. The Kier molecular flexibility index (Phi) is 7.68. The zero-order valence-corrected chi connectivity index (χ0v) is 25.4. The molecule has 1 spiro atoms. The smallest absolute Gasteiger partial charge is 0.420 e. The molecule has 2 aliphatic rings. The van der Waals surface area contributed by atoms with Crippen molar-refractivity contribution >= 4 is 16.9 Å². The van der Waals surface area contributed by atoms with E-state index in [1.807, 2.05) is 6.07 Å². The minimum atomic E-state index is -4.69. The first kappa shape index (κ1) is 30.8. The molecule has 1 atom stereocenters. The van der Waals surface area contributed by atoms with Gasteiger partial charge in [-0.15, -0.1) is 10.2 Å². The molecule has 1 aliphatic heterocycles. The van der Waals surface area contributed by atoms with Crippen LogP contribution in [0.4, 0.5) is 23.4 Å². The molecule has 0 radical (unpaired) electrons. The number of anilines is 1. The third-order valence-electron chi connectivity index (χ3n) is 8.87. The molecule has 7 rings (SSSR count). The lowest BCUT2D eigenvalue weighted by Crippen LogP contribution is -2.20. The maximum atomic E-state index is 14.5. The lowest BCUT2D eigenvalue weighted by atomic mass is 9.98. The molecule has 2 fully saturated rings. The Morgan fingerprint density at radius 1 is 1.11 bits per heavy atom. The van der Waals surface area contributed by atoms with E-state index in [0.717, 1.165) is 25.6 Å². The standard InChI is InChI=1S/C33H30F4N8O2/c1-44-18-40-43-30(44)24-14-21(34)2-3-23(24)20-12-27(41-28(13-20)39-15-22(46)4-8-38)31-42-26-11-19(10-25(29(26)47-31)33(35,36)37)16-45-9-7-32(17-45)5-6-32/h2-3,10-14,18,22,46H,4-7,9,15-17H2,1H3,(H,39,41)/t22-/m0/s1. The SMILES string of the molecule is Cn1cnnc1-c1cc(F)ccc1-c1cc(NC[C@@H](O)CC#N)nc(-c2nc3cc(CN4CCC5(CC5)C4)cc(C(F)(F)F)c3o2)c1. The second-order valence-corrected chi connectivity index (χ2v) is 12.4. The summed E-state index contributed by atoms with van der Waals surface area (Å²) < 4.78 is 65.0. The van der Waals surface area contributed by atoms with E-state index < -0.39 is 29.2 Å². The van der Waals surface area contributed by atoms with Gasteiger partial charge in [-0.1, -0.05) is 6.07 Å². The van der Waals surface area contributed by atoms with E-state index in [2.05, 4.69) is 30.4 Å². The van der Waals surface area contributed by atoms with Crippen molar-refractivity contribution in [3.8, 4) is 40.2 Å². The molecule has 2 N–H and O–H groups in total. The predicted molar refractivity (Wildman–Crippen MR) is 164 cm³/mol. The number of oxazole rings is 1. The molecular formula is C33H30F4N8O2. The Labute approximate surface area is 266 Å². The van der Waals surface area contributed by atoms with Gasteiger partial charge in [-0.05, 0) is 84.3 Å². The van der Waals surface area contributed by atoms with Crippen LogP contribution in [-0.4, -0.2) is 60.5 Å². The number of benzene rings is 2. The quantitative estimate of drug-likeness (QED) is 0.180. The first-order valence-electron chi connectivity index (χ1n) is 15.2. The number of halogens is 4. The van der Waals surface area contributed by atoms with Crippen molar-refractivity contribution < 1.29 is 27.1 Å². The van der Waals surface area contributed by atoms with Crippen LogP contribution in [0, 0.1) is 22.6 Å². The highest BCUT2D eigenvalue weighted by Gasteiger charge is 2.47. The van der Waals surface area contributed by atoms with Crippen molar-refractivity contribution in [1.82, 2.24) is 29.6 Å². The second kappa shape index (κ2) is 11.7. The van der Waals surface area contributed by atoms with E-state index in [4.69, 9.17) is 9.68 Å². The van der Waals surface area contributed by atoms with Crippen molar-refractivity contribution in [2.24, 2.45) is 12.5 Å². The molecule has 242 valence electrons. The molecule has 3 aromatic heterocycles. The van der Waals surface area contributed by atoms with Crippen LogP contribution in [0.3, 0.4) is 0 Å². The van der Waals surface area contributed by atoms with Crippen molar-refractivity contribution in [2.45, 2.75) is 44.5 Å². The fourth-order valence-corrected chi connectivity index (χ4v) is 6.27. The van der Waals surface area contributed by atoms with Gasteiger partial charge in [0, 0.05) is 32.2 Å². The topological polar surface area (TPSA) is 129 Å². The molecule has 2 aromatic carbocycles. The van der Waals surface area contributed by atoms with Crippen LogP contribution >= 0.6 is 0 Å². The summed E-state index contributed by atoms with van der Waals surface area (Å²) in [5.74, 6) is -0.0448.